The molecule has 8 nitrogen and oxygen atoms in total. The van der Waals surface area contributed by atoms with Gasteiger partial charge in [0.05, 0.1) is 0 Å². The lowest BCUT2D eigenvalue weighted by Crippen LogP contribution is -2.46. The Morgan fingerprint density at radius 3 is 2.39 bits per heavy atom. The van der Waals surface area contributed by atoms with Crippen LogP contribution in [-0.2, 0) is 25.5 Å². The van der Waals surface area contributed by atoms with Crippen LogP contribution in [-0.4, -0.2) is 54.0 Å². The molecule has 1 aromatic carbocycles. The molecule has 1 heterocycles. The third kappa shape index (κ3) is 5.22. The molecule has 0 atom stereocenters. The van der Waals surface area contributed by atoms with Gasteiger partial charge in [-0.25, -0.2) is 4.79 Å². The van der Waals surface area contributed by atoms with Gasteiger partial charge in [0, 0.05) is 11.6 Å². The van der Waals surface area contributed by atoms with Crippen molar-refractivity contribution >= 4 is 35.4 Å². The van der Waals surface area contributed by atoms with Crippen LogP contribution < -0.4 is 10.6 Å². The second-order valence-corrected chi connectivity index (χ2v) is 6.93. The van der Waals surface area contributed by atoms with E-state index in [-0.39, 0.29) is 0 Å². The summed E-state index contributed by atoms with van der Waals surface area (Å²) in [5.74, 6) is -1.73. The van der Waals surface area contributed by atoms with Gasteiger partial charge >= 0.3 is 12.0 Å². The van der Waals surface area contributed by atoms with Gasteiger partial charge in [-0.1, -0.05) is 37.6 Å². The molecule has 4 amide bonds. The minimum absolute atomic E-state index is 0.376. The van der Waals surface area contributed by atoms with E-state index in [4.69, 9.17) is 16.3 Å². The van der Waals surface area contributed by atoms with Crippen LogP contribution in [0.2, 0.25) is 5.02 Å². The van der Waals surface area contributed by atoms with Crippen LogP contribution in [0.15, 0.2) is 24.3 Å². The molecule has 0 radical (unpaired) electrons. The maximum Gasteiger partial charge on any atom is 0.326 e. The predicted molar refractivity (Wildman–Crippen MR) is 103 cm³/mol. The van der Waals surface area contributed by atoms with Crippen molar-refractivity contribution in [2.45, 2.75) is 38.6 Å². The summed E-state index contributed by atoms with van der Waals surface area (Å²) in [7, 11) is 0. The number of halogens is 1. The first kappa shape index (κ1) is 21.7. The van der Waals surface area contributed by atoms with Gasteiger partial charge in [-0.2, -0.15) is 0 Å². The van der Waals surface area contributed by atoms with Gasteiger partial charge in [-0.15, -0.1) is 0 Å². The first-order valence-electron chi connectivity index (χ1n) is 9.12. The minimum Gasteiger partial charge on any atom is -0.454 e. The van der Waals surface area contributed by atoms with E-state index in [0.29, 0.717) is 30.8 Å². The van der Waals surface area contributed by atoms with Gasteiger partial charge in [-0.05, 0) is 37.0 Å². The number of urea groups is 1. The molecule has 1 aliphatic heterocycles. The van der Waals surface area contributed by atoms with Crippen LogP contribution in [0.4, 0.5) is 4.79 Å². The van der Waals surface area contributed by atoms with Gasteiger partial charge in [0.15, 0.2) is 6.61 Å². The smallest absolute Gasteiger partial charge is 0.326 e. The van der Waals surface area contributed by atoms with Gasteiger partial charge < -0.3 is 15.4 Å². The van der Waals surface area contributed by atoms with Crippen LogP contribution in [0, 0.1) is 0 Å². The predicted octanol–water partition coefficient (Wildman–Crippen LogP) is 1.65. The Morgan fingerprint density at radius 2 is 1.82 bits per heavy atom. The summed E-state index contributed by atoms with van der Waals surface area (Å²) < 4.78 is 4.87. The maximum atomic E-state index is 12.4. The molecule has 152 valence electrons. The van der Waals surface area contributed by atoms with Crippen LogP contribution in [0.25, 0.3) is 0 Å². The Kier molecular flexibility index (Phi) is 7.39. The number of imide groups is 1. The monoisotopic (exact) mass is 409 g/mol. The molecule has 1 fully saturated rings. The highest BCUT2D eigenvalue weighted by atomic mass is 35.5. The highest BCUT2D eigenvalue weighted by Gasteiger charge is 2.49. The van der Waals surface area contributed by atoms with Gasteiger partial charge in [-0.3, -0.25) is 19.3 Å². The van der Waals surface area contributed by atoms with Crippen molar-refractivity contribution in [1.82, 2.24) is 15.5 Å². The van der Waals surface area contributed by atoms with E-state index in [1.54, 1.807) is 26.0 Å². The van der Waals surface area contributed by atoms with Crippen molar-refractivity contribution in [2.75, 3.05) is 19.7 Å². The Labute approximate surface area is 168 Å². The second kappa shape index (κ2) is 9.54. The van der Waals surface area contributed by atoms with E-state index in [1.165, 1.54) is 0 Å². The molecule has 1 aliphatic rings. The first-order chi connectivity index (χ1) is 13.3. The maximum absolute atomic E-state index is 12.4. The highest BCUT2D eigenvalue weighted by molar-refractivity contribution is 6.30. The fourth-order valence-electron chi connectivity index (χ4n) is 2.92. The lowest BCUT2D eigenvalue weighted by molar-refractivity contribution is -0.151. The van der Waals surface area contributed by atoms with Crippen molar-refractivity contribution in [3.8, 4) is 0 Å². The fourth-order valence-corrected chi connectivity index (χ4v) is 3.04. The number of benzene rings is 1. The second-order valence-electron chi connectivity index (χ2n) is 6.50. The summed E-state index contributed by atoms with van der Waals surface area (Å²) in [6.45, 7) is 2.95. The zero-order valence-corrected chi connectivity index (χ0v) is 16.7. The summed E-state index contributed by atoms with van der Waals surface area (Å²) in [6.07, 6.45) is 1.46. The van der Waals surface area contributed by atoms with Gasteiger partial charge in [0.2, 0.25) is 0 Å². The van der Waals surface area contributed by atoms with Crippen molar-refractivity contribution in [1.29, 1.82) is 0 Å². The van der Waals surface area contributed by atoms with Crippen LogP contribution in [0.5, 0.6) is 0 Å². The summed E-state index contributed by atoms with van der Waals surface area (Å²) in [5, 5.41) is 5.90. The molecular weight excluding hydrogens is 386 g/mol. The molecule has 0 bridgehead atoms. The summed E-state index contributed by atoms with van der Waals surface area (Å²) in [4.78, 5) is 48.9. The number of ether oxygens (including phenoxy) is 1. The lowest BCUT2D eigenvalue weighted by Gasteiger charge is -2.22. The number of carbonyl (C=O) groups is 4. The average Bonchev–Trinajstić information content (AvgIpc) is 2.92. The first-order valence-corrected chi connectivity index (χ1v) is 9.50. The van der Waals surface area contributed by atoms with E-state index in [1.807, 2.05) is 12.1 Å². The number of carbonyl (C=O) groups excluding carboxylic acids is 4. The molecule has 2 N–H and O–H groups in total. The standard InChI is InChI=1S/C19H24ClN3O5/c1-3-19(4-2)17(26)23(18(27)22-19)11-16(25)28-12-15(24)21-10-9-13-5-7-14(20)8-6-13/h5-8H,3-4,9-12H2,1-2H3,(H,21,24)(H,22,27). The number of nitrogens with one attached hydrogen (secondary N) is 2. The van der Waals surface area contributed by atoms with Gasteiger partial charge in [0.1, 0.15) is 12.1 Å². The Bertz CT molecular complexity index is 746. The number of hydrogen-bond acceptors (Lipinski definition) is 5. The third-order valence-electron chi connectivity index (χ3n) is 4.75. The van der Waals surface area contributed by atoms with Crippen LogP contribution >= 0.6 is 11.6 Å². The Morgan fingerprint density at radius 1 is 1.18 bits per heavy atom. The van der Waals surface area contributed by atoms with E-state index < -0.39 is 42.5 Å². The molecule has 0 spiro atoms. The van der Waals surface area contributed by atoms with Crippen molar-refractivity contribution in [3.63, 3.8) is 0 Å². The molecule has 9 heteroatoms. The quantitative estimate of drug-likeness (QED) is 0.476. The highest BCUT2D eigenvalue weighted by Crippen LogP contribution is 2.24. The Balaban J connectivity index is 1.73. The van der Waals surface area contributed by atoms with E-state index >= 15 is 0 Å². The summed E-state index contributed by atoms with van der Waals surface area (Å²) in [5.41, 5.74) is 0.0340. The van der Waals surface area contributed by atoms with E-state index in [0.717, 1.165) is 10.5 Å². The molecule has 28 heavy (non-hydrogen) atoms. The molecule has 1 aromatic rings. The summed E-state index contributed by atoms with van der Waals surface area (Å²) in [6, 6.07) is 6.63. The number of hydrogen-bond donors (Lipinski definition) is 2. The Hall–Kier alpha value is -2.61. The molecular formula is C19H24ClN3O5. The largest absolute Gasteiger partial charge is 0.454 e. The number of amides is 4. The van der Waals surface area contributed by atoms with Gasteiger partial charge in [0.25, 0.3) is 11.8 Å². The van der Waals surface area contributed by atoms with Crippen molar-refractivity contribution in [3.05, 3.63) is 34.9 Å². The minimum atomic E-state index is -0.976. The molecule has 0 aromatic heterocycles. The SMILES string of the molecule is CCC1(CC)NC(=O)N(CC(=O)OCC(=O)NCCc2ccc(Cl)cc2)C1=O. The number of esters is 1. The van der Waals surface area contributed by atoms with Crippen LogP contribution in [0.3, 0.4) is 0 Å². The normalized spacial score (nSPS) is 15.3. The molecule has 2 rings (SSSR count). The van der Waals surface area contributed by atoms with E-state index in [2.05, 4.69) is 10.6 Å². The topological polar surface area (TPSA) is 105 Å². The number of rotatable bonds is 9. The zero-order valence-electron chi connectivity index (χ0n) is 15.9. The lowest BCUT2D eigenvalue weighted by atomic mass is 9.93. The zero-order chi connectivity index (χ0) is 20.7. The van der Waals surface area contributed by atoms with Crippen LogP contribution in [0.1, 0.15) is 32.3 Å². The summed E-state index contributed by atoms with van der Waals surface area (Å²) >= 11 is 5.81. The fraction of sp³-hybridized carbons (Fsp3) is 0.474. The van der Waals surface area contributed by atoms with E-state index in [9.17, 15) is 19.2 Å². The number of nitrogens with zero attached hydrogens (tertiary/aromatic N) is 1. The third-order valence-corrected chi connectivity index (χ3v) is 5.01. The molecule has 0 saturated carbocycles. The van der Waals surface area contributed by atoms with Crippen molar-refractivity contribution in [2.24, 2.45) is 0 Å². The molecule has 1 saturated heterocycles. The molecule has 0 aliphatic carbocycles. The van der Waals surface area contributed by atoms with Crippen molar-refractivity contribution < 1.29 is 23.9 Å². The average molecular weight is 410 g/mol. The molecule has 0 unspecified atom stereocenters.